The number of morpholine rings is 1. The number of hydrogen-bond donors (Lipinski definition) is 3. The highest BCUT2D eigenvalue weighted by Gasteiger charge is 2.50. The second kappa shape index (κ2) is 13.4. The molecule has 2 aromatic rings. The lowest BCUT2D eigenvalue weighted by molar-refractivity contribution is -0.134. The number of epoxide rings is 1. The number of rotatable bonds is 13. The number of ether oxygens (including phenoxy) is 2. The lowest BCUT2D eigenvalue weighted by atomic mass is 9.90. The van der Waals surface area contributed by atoms with E-state index in [9.17, 15) is 19.2 Å². The van der Waals surface area contributed by atoms with Gasteiger partial charge in [-0.2, -0.15) is 0 Å². The number of fused-ring (bicyclic) bond motifs is 1. The summed E-state index contributed by atoms with van der Waals surface area (Å²) in [7, 11) is 0. The molecule has 0 spiro atoms. The molecule has 3 fully saturated rings. The quantitative estimate of drug-likeness (QED) is 0.303. The third kappa shape index (κ3) is 7.56. The number of nitrogens with zero attached hydrogens (tertiary/aromatic N) is 1. The van der Waals surface area contributed by atoms with Gasteiger partial charge in [0.25, 0.3) is 0 Å². The first-order chi connectivity index (χ1) is 20.2. The summed E-state index contributed by atoms with van der Waals surface area (Å²) in [6.07, 6.45) is 6.59. The number of nitrogens with one attached hydrogen (secondary N) is 3. The Morgan fingerprint density at radius 2 is 1.69 bits per heavy atom. The van der Waals surface area contributed by atoms with Crippen LogP contribution in [-0.2, 0) is 35.1 Å². The maximum atomic E-state index is 13.8. The molecule has 3 aliphatic rings. The van der Waals surface area contributed by atoms with Crippen LogP contribution in [0.5, 0.6) is 0 Å². The number of ketones is 1. The molecule has 1 aromatic heterocycles. The van der Waals surface area contributed by atoms with E-state index in [1.165, 1.54) is 0 Å². The summed E-state index contributed by atoms with van der Waals surface area (Å²) in [6.45, 7) is 6.28. The Labute approximate surface area is 246 Å². The molecule has 11 nitrogen and oxygen atoms in total. The average molecular weight is 583 g/mol. The van der Waals surface area contributed by atoms with Crippen LogP contribution >= 0.6 is 0 Å². The van der Waals surface area contributed by atoms with Crippen LogP contribution in [0.4, 0.5) is 0 Å². The summed E-state index contributed by atoms with van der Waals surface area (Å²) >= 11 is 0. The van der Waals surface area contributed by atoms with E-state index in [2.05, 4.69) is 16.0 Å². The van der Waals surface area contributed by atoms with Gasteiger partial charge >= 0.3 is 0 Å². The van der Waals surface area contributed by atoms with Crippen molar-refractivity contribution in [1.29, 1.82) is 0 Å². The van der Waals surface area contributed by atoms with Crippen LogP contribution in [0.15, 0.2) is 34.9 Å². The number of amides is 3. The summed E-state index contributed by atoms with van der Waals surface area (Å²) in [5, 5.41) is 9.39. The minimum Gasteiger partial charge on any atom is -0.464 e. The van der Waals surface area contributed by atoms with Crippen molar-refractivity contribution >= 4 is 34.5 Å². The van der Waals surface area contributed by atoms with Gasteiger partial charge < -0.3 is 29.8 Å². The van der Waals surface area contributed by atoms with Crippen LogP contribution in [0, 0.1) is 5.92 Å². The molecule has 228 valence electrons. The lowest BCUT2D eigenvalue weighted by Gasteiger charge is -2.27. The molecular formula is C31H42N4O7. The molecule has 2 aliphatic heterocycles. The van der Waals surface area contributed by atoms with E-state index < -0.39 is 35.5 Å². The van der Waals surface area contributed by atoms with Gasteiger partial charge in [-0.15, -0.1) is 0 Å². The van der Waals surface area contributed by atoms with Gasteiger partial charge in [-0.25, -0.2) is 0 Å². The Bertz CT molecular complexity index is 1280. The molecule has 5 rings (SSSR count). The van der Waals surface area contributed by atoms with Crippen LogP contribution in [-0.4, -0.2) is 91.6 Å². The van der Waals surface area contributed by atoms with E-state index in [0.29, 0.717) is 50.8 Å². The molecule has 3 heterocycles. The highest BCUT2D eigenvalue weighted by molar-refractivity contribution is 5.98. The first-order valence-corrected chi connectivity index (χ1v) is 15.1. The zero-order chi connectivity index (χ0) is 29.7. The predicted molar refractivity (Wildman–Crippen MR) is 155 cm³/mol. The smallest absolute Gasteiger partial charge is 0.243 e. The fourth-order valence-electron chi connectivity index (χ4n) is 5.93. The second-order valence-electron chi connectivity index (χ2n) is 12.0. The maximum Gasteiger partial charge on any atom is 0.243 e. The highest BCUT2D eigenvalue weighted by atomic mass is 16.6. The topological polar surface area (TPSA) is 143 Å². The molecule has 42 heavy (non-hydrogen) atoms. The van der Waals surface area contributed by atoms with Crippen LogP contribution in [0.25, 0.3) is 11.0 Å². The number of Topliss-reactive ketones (excluding diaryl/α,β-unsaturated/α-hetero) is 1. The Kier molecular flexibility index (Phi) is 9.60. The van der Waals surface area contributed by atoms with E-state index in [1.807, 2.05) is 29.2 Å². The molecule has 3 amide bonds. The third-order valence-corrected chi connectivity index (χ3v) is 8.64. The van der Waals surface area contributed by atoms with Gasteiger partial charge in [0.15, 0.2) is 5.78 Å². The van der Waals surface area contributed by atoms with Gasteiger partial charge in [0, 0.05) is 30.5 Å². The van der Waals surface area contributed by atoms with E-state index in [0.717, 1.165) is 36.6 Å². The first-order valence-electron chi connectivity index (χ1n) is 15.1. The second-order valence-corrected chi connectivity index (χ2v) is 12.0. The Morgan fingerprint density at radius 1 is 1.00 bits per heavy atom. The Balaban J connectivity index is 1.29. The normalized spacial score (nSPS) is 23.2. The van der Waals surface area contributed by atoms with Crippen molar-refractivity contribution < 1.29 is 33.1 Å². The van der Waals surface area contributed by atoms with Gasteiger partial charge in [-0.3, -0.25) is 24.1 Å². The zero-order valence-corrected chi connectivity index (χ0v) is 24.5. The van der Waals surface area contributed by atoms with Gasteiger partial charge in [-0.05, 0) is 32.3 Å². The molecule has 3 N–H and O–H groups in total. The van der Waals surface area contributed by atoms with Crippen LogP contribution < -0.4 is 16.0 Å². The largest absolute Gasteiger partial charge is 0.464 e. The molecule has 1 aromatic carbocycles. The first kappa shape index (κ1) is 30.2. The van der Waals surface area contributed by atoms with Gasteiger partial charge in [0.2, 0.25) is 17.7 Å². The van der Waals surface area contributed by atoms with Gasteiger partial charge in [0.05, 0.1) is 38.7 Å². The summed E-state index contributed by atoms with van der Waals surface area (Å²) in [5.41, 5.74) is 0.552. The van der Waals surface area contributed by atoms with Gasteiger partial charge in [0.1, 0.15) is 23.3 Å². The molecule has 4 atom stereocenters. The number of para-hydroxylation sites is 1. The minimum absolute atomic E-state index is 0.134. The summed E-state index contributed by atoms with van der Waals surface area (Å²) in [4.78, 5) is 55.1. The standard InChI is InChI=1S/C31H42N4O7/c1-20(32-27(36)17-35-11-13-40-14-12-35)29(38)34-25(16-22-18-41-26-10-6-5-9-23(22)26)30(39)33-24(15-21-7-3-4-8-21)28(37)31(2)19-42-31/h5-6,9-10,18,20-21,24-25H,3-4,7-8,11-17,19H2,1-2H3,(H,32,36)(H,33,39)(H,34,38)/t20-,24-,25-,31+/m0/s1. The fourth-order valence-corrected chi connectivity index (χ4v) is 5.93. The predicted octanol–water partition coefficient (Wildman–Crippen LogP) is 1.72. The van der Waals surface area contributed by atoms with E-state index in [1.54, 1.807) is 20.1 Å². The zero-order valence-electron chi connectivity index (χ0n) is 24.5. The van der Waals surface area contributed by atoms with E-state index in [4.69, 9.17) is 13.9 Å². The van der Waals surface area contributed by atoms with Crippen molar-refractivity contribution in [2.24, 2.45) is 5.92 Å². The molecule has 2 saturated heterocycles. The molecule has 0 radical (unpaired) electrons. The highest BCUT2D eigenvalue weighted by Crippen LogP contribution is 2.33. The molecule has 1 saturated carbocycles. The maximum absolute atomic E-state index is 13.8. The molecule has 0 unspecified atom stereocenters. The lowest BCUT2D eigenvalue weighted by Crippen LogP contribution is -2.57. The number of furan rings is 1. The average Bonchev–Trinajstić information content (AvgIpc) is 3.33. The van der Waals surface area contributed by atoms with E-state index in [-0.39, 0.29) is 24.7 Å². The van der Waals surface area contributed by atoms with Crippen LogP contribution in [0.2, 0.25) is 0 Å². The molecule has 0 bridgehead atoms. The molecule has 1 aliphatic carbocycles. The fraction of sp³-hybridized carbons (Fsp3) is 0.613. The van der Waals surface area contributed by atoms with Crippen LogP contribution in [0.3, 0.4) is 0 Å². The summed E-state index contributed by atoms with van der Waals surface area (Å²) in [5.74, 6) is -1.00. The molecule has 11 heteroatoms. The van der Waals surface area contributed by atoms with Crippen molar-refractivity contribution in [1.82, 2.24) is 20.9 Å². The number of carbonyl (C=O) groups is 4. The SMILES string of the molecule is C[C@H](NC(=O)CN1CCOCC1)C(=O)N[C@@H](Cc1coc2ccccc12)C(=O)N[C@@H](CC1CCCC1)C(=O)[C@@]1(C)CO1. The van der Waals surface area contributed by atoms with Crippen molar-refractivity contribution in [2.45, 2.75) is 76.1 Å². The van der Waals surface area contributed by atoms with Crippen molar-refractivity contribution in [3.05, 3.63) is 36.1 Å². The van der Waals surface area contributed by atoms with Crippen LogP contribution in [0.1, 0.15) is 51.5 Å². The Hall–Kier alpha value is -3.28. The summed E-state index contributed by atoms with van der Waals surface area (Å²) < 4.78 is 16.4. The number of hydrogen-bond acceptors (Lipinski definition) is 8. The van der Waals surface area contributed by atoms with Crippen molar-refractivity contribution in [3.8, 4) is 0 Å². The van der Waals surface area contributed by atoms with Gasteiger partial charge in [-0.1, -0.05) is 43.9 Å². The van der Waals surface area contributed by atoms with Crippen molar-refractivity contribution in [3.63, 3.8) is 0 Å². The number of carbonyl (C=O) groups excluding carboxylic acids is 4. The summed E-state index contributed by atoms with van der Waals surface area (Å²) in [6, 6.07) is 4.91. The number of benzene rings is 1. The minimum atomic E-state index is -0.996. The van der Waals surface area contributed by atoms with E-state index >= 15 is 0 Å². The van der Waals surface area contributed by atoms with Crippen molar-refractivity contribution in [2.75, 3.05) is 39.5 Å². The Morgan fingerprint density at radius 3 is 2.40 bits per heavy atom. The monoisotopic (exact) mass is 582 g/mol. The molecular weight excluding hydrogens is 540 g/mol. The third-order valence-electron chi connectivity index (χ3n) is 8.64.